The first kappa shape index (κ1) is 22.6. The molecule has 11 heteroatoms. The van der Waals surface area contributed by atoms with Gasteiger partial charge < -0.3 is 0 Å². The van der Waals surface area contributed by atoms with Crippen molar-refractivity contribution in [3.8, 4) is 22.4 Å². The topological polar surface area (TPSA) is 104 Å². The second kappa shape index (κ2) is 8.75. The van der Waals surface area contributed by atoms with Gasteiger partial charge in [0.25, 0.3) is 0 Å². The Kier molecular flexibility index (Phi) is 6.00. The summed E-state index contributed by atoms with van der Waals surface area (Å²) in [5.74, 6) is 0. The van der Waals surface area contributed by atoms with Crippen LogP contribution in [0.4, 0.5) is 13.2 Å². The number of halogens is 3. The van der Waals surface area contributed by atoms with E-state index in [4.69, 9.17) is 5.14 Å². The number of nitrogens with zero attached hydrogens (tertiary/aromatic N) is 4. The Morgan fingerprint density at radius 3 is 2.18 bits per heavy atom. The van der Waals surface area contributed by atoms with Crippen LogP contribution in [0, 0.1) is 0 Å². The van der Waals surface area contributed by atoms with E-state index in [1.165, 1.54) is 36.7 Å². The van der Waals surface area contributed by atoms with Crippen LogP contribution in [0.5, 0.6) is 0 Å². The summed E-state index contributed by atoms with van der Waals surface area (Å²) in [7, 11) is -3.99. The van der Waals surface area contributed by atoms with Gasteiger partial charge in [0.1, 0.15) is 5.69 Å². The molecule has 0 aliphatic rings. The summed E-state index contributed by atoms with van der Waals surface area (Å²) in [6.45, 7) is -0.0563. The average molecular weight is 473 g/mol. The van der Waals surface area contributed by atoms with Crippen LogP contribution in [0.25, 0.3) is 22.4 Å². The molecular weight excluding hydrogens is 455 g/mol. The minimum absolute atomic E-state index is 0.0563. The van der Waals surface area contributed by atoms with E-state index in [1.54, 1.807) is 36.5 Å². The Morgan fingerprint density at radius 1 is 0.909 bits per heavy atom. The van der Waals surface area contributed by atoms with Gasteiger partial charge in [0.15, 0.2) is 5.69 Å². The van der Waals surface area contributed by atoms with Crippen molar-refractivity contribution >= 4 is 10.0 Å². The number of alkyl halides is 3. The molecule has 3 aromatic heterocycles. The van der Waals surface area contributed by atoms with Crippen molar-refractivity contribution in [2.75, 3.05) is 0 Å². The Balaban J connectivity index is 1.89. The standard InChI is InChI=1S/C22H18F3N5O2S/c23-22(24,25)21-19(15-4-6-18(7-5-15)33(26,31)32)20(16-8-12-27-13-9-16)29-30(21)14-10-17-3-1-2-11-28-17/h1-9,11-13H,10,14H2,(H2,26,31,32). The van der Waals surface area contributed by atoms with Gasteiger partial charge in [-0.15, -0.1) is 0 Å². The first-order chi connectivity index (χ1) is 15.6. The monoisotopic (exact) mass is 473 g/mol. The van der Waals surface area contributed by atoms with Crippen LogP contribution in [0.3, 0.4) is 0 Å². The van der Waals surface area contributed by atoms with Gasteiger partial charge in [0, 0.05) is 48.4 Å². The zero-order chi connectivity index (χ0) is 23.6. The number of nitrogens with two attached hydrogens (primary N) is 1. The molecule has 0 saturated carbocycles. The van der Waals surface area contributed by atoms with Crippen molar-refractivity contribution in [3.05, 3.63) is 84.6 Å². The lowest BCUT2D eigenvalue weighted by Gasteiger charge is -2.13. The Bertz CT molecular complexity index is 1360. The Morgan fingerprint density at radius 2 is 1.61 bits per heavy atom. The molecule has 4 aromatic rings. The number of aromatic nitrogens is 4. The summed E-state index contributed by atoms with van der Waals surface area (Å²) in [6.07, 6.45) is 0.0122. The number of pyridine rings is 2. The minimum Gasteiger partial charge on any atom is -0.265 e. The van der Waals surface area contributed by atoms with Crippen molar-refractivity contribution in [1.82, 2.24) is 19.7 Å². The fourth-order valence-corrected chi connectivity index (χ4v) is 3.99. The van der Waals surface area contributed by atoms with Crippen molar-refractivity contribution in [2.24, 2.45) is 5.14 Å². The molecule has 0 fully saturated rings. The van der Waals surface area contributed by atoms with Crippen LogP contribution in [-0.2, 0) is 29.2 Å². The maximum Gasteiger partial charge on any atom is 0.433 e. The Labute approximate surface area is 187 Å². The third kappa shape index (κ3) is 4.94. The van der Waals surface area contributed by atoms with E-state index in [-0.39, 0.29) is 34.7 Å². The summed E-state index contributed by atoms with van der Waals surface area (Å²) in [5, 5.41) is 9.44. The molecule has 3 heterocycles. The predicted molar refractivity (Wildman–Crippen MR) is 115 cm³/mol. The van der Waals surface area contributed by atoms with Crippen molar-refractivity contribution in [2.45, 2.75) is 24.0 Å². The molecule has 0 atom stereocenters. The van der Waals surface area contributed by atoms with E-state index in [2.05, 4.69) is 15.1 Å². The predicted octanol–water partition coefficient (Wildman–Crippen LogP) is 3.92. The van der Waals surface area contributed by atoms with Crippen LogP contribution in [0.1, 0.15) is 11.4 Å². The second-order valence-electron chi connectivity index (χ2n) is 7.17. The van der Waals surface area contributed by atoms with E-state index in [0.717, 1.165) is 4.68 Å². The van der Waals surface area contributed by atoms with Gasteiger partial charge in [0.05, 0.1) is 4.90 Å². The summed E-state index contributed by atoms with van der Waals surface area (Å²) in [5.41, 5.74) is 0.243. The van der Waals surface area contributed by atoms with Crippen LogP contribution in [0.15, 0.2) is 78.1 Å². The molecule has 4 rings (SSSR count). The van der Waals surface area contributed by atoms with Crippen LogP contribution >= 0.6 is 0 Å². The summed E-state index contributed by atoms with van der Waals surface area (Å²) in [4.78, 5) is 7.88. The third-order valence-electron chi connectivity index (χ3n) is 4.95. The molecule has 2 N–H and O–H groups in total. The normalized spacial score (nSPS) is 12.1. The zero-order valence-corrected chi connectivity index (χ0v) is 17.9. The molecule has 0 aliphatic heterocycles. The van der Waals surface area contributed by atoms with E-state index in [1.807, 2.05) is 0 Å². The van der Waals surface area contributed by atoms with Crippen molar-refractivity contribution in [1.29, 1.82) is 0 Å². The summed E-state index contributed by atoms with van der Waals surface area (Å²) >= 11 is 0. The fourth-order valence-electron chi connectivity index (χ4n) is 3.47. The number of aryl methyl sites for hydroxylation is 2. The van der Waals surface area contributed by atoms with E-state index < -0.39 is 21.9 Å². The SMILES string of the molecule is NS(=O)(=O)c1ccc(-c2c(-c3ccncc3)nn(CCc3ccccn3)c2C(F)(F)F)cc1. The Hall–Kier alpha value is -3.57. The number of rotatable bonds is 6. The van der Waals surface area contributed by atoms with Crippen LogP contribution in [-0.4, -0.2) is 28.2 Å². The smallest absolute Gasteiger partial charge is 0.265 e. The molecule has 0 saturated heterocycles. The summed E-state index contributed by atoms with van der Waals surface area (Å²) < 4.78 is 67.0. The molecule has 0 radical (unpaired) electrons. The summed E-state index contributed by atoms with van der Waals surface area (Å²) in [6, 6.07) is 13.3. The quantitative estimate of drug-likeness (QED) is 0.457. The highest BCUT2D eigenvalue weighted by molar-refractivity contribution is 7.89. The second-order valence-corrected chi connectivity index (χ2v) is 8.73. The highest BCUT2D eigenvalue weighted by atomic mass is 32.2. The van der Waals surface area contributed by atoms with Gasteiger partial charge in [-0.1, -0.05) is 18.2 Å². The molecule has 0 bridgehead atoms. The first-order valence-electron chi connectivity index (χ1n) is 9.76. The van der Waals surface area contributed by atoms with Gasteiger partial charge in [-0.2, -0.15) is 18.3 Å². The third-order valence-corrected chi connectivity index (χ3v) is 5.88. The fraction of sp³-hybridized carbons (Fsp3) is 0.136. The molecule has 0 unspecified atom stereocenters. The number of sulfonamides is 1. The minimum atomic E-state index is -4.73. The number of hydrogen-bond donors (Lipinski definition) is 1. The highest BCUT2D eigenvalue weighted by Gasteiger charge is 2.40. The van der Waals surface area contributed by atoms with Crippen LogP contribution in [0.2, 0.25) is 0 Å². The number of hydrogen-bond acceptors (Lipinski definition) is 5. The van der Waals surface area contributed by atoms with E-state index in [9.17, 15) is 21.6 Å². The maximum absolute atomic E-state index is 14.3. The zero-order valence-electron chi connectivity index (χ0n) is 17.1. The molecule has 0 spiro atoms. The molecule has 0 aliphatic carbocycles. The molecule has 33 heavy (non-hydrogen) atoms. The molecule has 0 amide bonds. The van der Waals surface area contributed by atoms with Crippen LogP contribution < -0.4 is 5.14 Å². The van der Waals surface area contributed by atoms with E-state index in [0.29, 0.717) is 11.3 Å². The van der Waals surface area contributed by atoms with Gasteiger partial charge in [-0.25, -0.2) is 13.6 Å². The van der Waals surface area contributed by atoms with Gasteiger partial charge in [-0.05, 0) is 42.0 Å². The first-order valence-corrected chi connectivity index (χ1v) is 11.3. The molecule has 170 valence electrons. The van der Waals surface area contributed by atoms with Gasteiger partial charge >= 0.3 is 6.18 Å². The van der Waals surface area contributed by atoms with Gasteiger partial charge in [0.2, 0.25) is 10.0 Å². The van der Waals surface area contributed by atoms with Crippen molar-refractivity contribution < 1.29 is 21.6 Å². The lowest BCUT2D eigenvalue weighted by atomic mass is 9.99. The lowest BCUT2D eigenvalue weighted by Crippen LogP contribution is -2.17. The van der Waals surface area contributed by atoms with Crippen molar-refractivity contribution in [3.63, 3.8) is 0 Å². The highest BCUT2D eigenvalue weighted by Crippen LogP contribution is 2.42. The lowest BCUT2D eigenvalue weighted by molar-refractivity contribution is -0.143. The molecule has 1 aromatic carbocycles. The van der Waals surface area contributed by atoms with E-state index >= 15 is 0 Å². The van der Waals surface area contributed by atoms with Gasteiger partial charge in [-0.3, -0.25) is 14.6 Å². The maximum atomic E-state index is 14.3. The molecular formula is C22H18F3N5O2S. The largest absolute Gasteiger partial charge is 0.433 e. The number of benzene rings is 1. The number of primary sulfonamides is 1. The average Bonchev–Trinajstić information content (AvgIpc) is 3.19. The molecule has 7 nitrogen and oxygen atoms in total.